The van der Waals surface area contributed by atoms with Crippen LogP contribution in [0.5, 0.6) is 0 Å². The second-order valence-electron chi connectivity index (χ2n) is 5.38. The summed E-state index contributed by atoms with van der Waals surface area (Å²) in [6.07, 6.45) is 0.180. The number of amides is 2. The number of hydrogen-bond acceptors (Lipinski definition) is 2. The van der Waals surface area contributed by atoms with Gasteiger partial charge in [-0.25, -0.2) is 0 Å². The summed E-state index contributed by atoms with van der Waals surface area (Å²) in [5.41, 5.74) is 2.65. The number of carbonyl (C=O) groups is 2. The molecule has 2 rings (SSSR count). The van der Waals surface area contributed by atoms with Crippen LogP contribution in [0.1, 0.15) is 30.5 Å². The van der Waals surface area contributed by atoms with Crippen molar-refractivity contribution in [3.63, 3.8) is 0 Å². The highest BCUT2D eigenvalue weighted by Crippen LogP contribution is 2.22. The third kappa shape index (κ3) is 5.21. The Balaban J connectivity index is 2.09. The molecule has 23 heavy (non-hydrogen) atoms. The number of rotatable bonds is 5. The van der Waals surface area contributed by atoms with E-state index in [2.05, 4.69) is 26.6 Å². The van der Waals surface area contributed by atoms with E-state index in [4.69, 9.17) is 0 Å². The number of carbonyl (C=O) groups excluding carboxylic acids is 2. The molecule has 1 unspecified atom stereocenters. The number of benzene rings is 2. The van der Waals surface area contributed by atoms with Gasteiger partial charge in [0.25, 0.3) is 0 Å². The summed E-state index contributed by atoms with van der Waals surface area (Å²) in [6, 6.07) is 14.8. The summed E-state index contributed by atoms with van der Waals surface area (Å²) >= 11 is 3.40. The molecule has 0 bridgehead atoms. The van der Waals surface area contributed by atoms with Crippen molar-refractivity contribution in [3.8, 4) is 0 Å². The Morgan fingerprint density at radius 3 is 2.43 bits per heavy atom. The average Bonchev–Trinajstić information content (AvgIpc) is 2.50. The van der Waals surface area contributed by atoms with E-state index in [1.54, 1.807) is 0 Å². The minimum atomic E-state index is -0.343. The molecule has 0 aromatic heterocycles. The van der Waals surface area contributed by atoms with Gasteiger partial charge < -0.3 is 10.6 Å². The van der Waals surface area contributed by atoms with Crippen molar-refractivity contribution in [1.29, 1.82) is 0 Å². The smallest absolute Gasteiger partial charge is 0.226 e. The van der Waals surface area contributed by atoms with Gasteiger partial charge in [-0.15, -0.1) is 0 Å². The number of halogens is 1. The van der Waals surface area contributed by atoms with Crippen LogP contribution in [0.2, 0.25) is 0 Å². The quantitative estimate of drug-likeness (QED) is 0.831. The predicted molar refractivity (Wildman–Crippen MR) is 95.1 cm³/mol. The van der Waals surface area contributed by atoms with Crippen molar-refractivity contribution in [2.24, 2.45) is 0 Å². The summed E-state index contributed by atoms with van der Waals surface area (Å²) in [5, 5.41) is 5.73. The lowest BCUT2D eigenvalue weighted by Gasteiger charge is -2.18. The fraction of sp³-hybridized carbons (Fsp3) is 0.222. The Morgan fingerprint density at radius 2 is 1.83 bits per heavy atom. The maximum atomic E-state index is 12.3. The number of nitrogens with one attached hydrogen (secondary N) is 2. The number of anilines is 1. The van der Waals surface area contributed by atoms with Crippen LogP contribution in [0.15, 0.2) is 53.0 Å². The van der Waals surface area contributed by atoms with Crippen LogP contribution in [0.4, 0.5) is 5.69 Å². The van der Waals surface area contributed by atoms with Crippen molar-refractivity contribution < 1.29 is 9.59 Å². The van der Waals surface area contributed by atoms with Gasteiger partial charge >= 0.3 is 0 Å². The van der Waals surface area contributed by atoms with Crippen molar-refractivity contribution in [2.75, 3.05) is 5.32 Å². The van der Waals surface area contributed by atoms with E-state index in [0.29, 0.717) is 0 Å². The van der Waals surface area contributed by atoms with Gasteiger partial charge in [0.1, 0.15) is 0 Å². The summed E-state index contributed by atoms with van der Waals surface area (Å²) in [5.74, 6) is -0.301. The van der Waals surface area contributed by atoms with Gasteiger partial charge in [0.2, 0.25) is 11.8 Å². The van der Waals surface area contributed by atoms with Gasteiger partial charge in [0, 0.05) is 17.1 Å². The van der Waals surface area contributed by atoms with E-state index in [-0.39, 0.29) is 24.3 Å². The SMILES string of the molecule is CC(=O)NC(CC(=O)Nc1ccc(Br)cc1C)c1ccccc1. The molecule has 0 saturated carbocycles. The molecule has 1 atom stereocenters. The maximum Gasteiger partial charge on any atom is 0.226 e. The average molecular weight is 375 g/mol. The highest BCUT2D eigenvalue weighted by atomic mass is 79.9. The minimum Gasteiger partial charge on any atom is -0.349 e. The molecule has 2 aromatic rings. The second-order valence-corrected chi connectivity index (χ2v) is 6.29. The van der Waals surface area contributed by atoms with Crippen LogP contribution in [-0.4, -0.2) is 11.8 Å². The molecule has 120 valence electrons. The zero-order chi connectivity index (χ0) is 16.8. The third-order valence-corrected chi connectivity index (χ3v) is 3.92. The third-order valence-electron chi connectivity index (χ3n) is 3.43. The highest BCUT2D eigenvalue weighted by Gasteiger charge is 2.17. The molecule has 4 nitrogen and oxygen atoms in total. The summed E-state index contributed by atoms with van der Waals surface area (Å²) in [6.45, 7) is 3.38. The van der Waals surface area contributed by atoms with Crippen LogP contribution < -0.4 is 10.6 Å². The van der Waals surface area contributed by atoms with Crippen LogP contribution in [0.25, 0.3) is 0 Å². The van der Waals surface area contributed by atoms with Crippen molar-refractivity contribution in [1.82, 2.24) is 5.32 Å². The largest absolute Gasteiger partial charge is 0.349 e. The monoisotopic (exact) mass is 374 g/mol. The molecule has 5 heteroatoms. The Bertz CT molecular complexity index is 701. The Hall–Kier alpha value is -2.14. The molecule has 0 aliphatic rings. The number of hydrogen-bond donors (Lipinski definition) is 2. The van der Waals surface area contributed by atoms with E-state index in [1.165, 1.54) is 6.92 Å². The molecule has 2 aromatic carbocycles. The van der Waals surface area contributed by atoms with Crippen LogP contribution in [-0.2, 0) is 9.59 Å². The van der Waals surface area contributed by atoms with Crippen LogP contribution in [0.3, 0.4) is 0 Å². The first-order valence-corrected chi connectivity index (χ1v) is 8.13. The zero-order valence-electron chi connectivity index (χ0n) is 13.1. The Morgan fingerprint density at radius 1 is 1.13 bits per heavy atom. The molecule has 0 spiro atoms. The standard InChI is InChI=1S/C18H19BrN2O2/c1-12-10-15(19)8-9-16(12)21-18(23)11-17(20-13(2)22)14-6-4-3-5-7-14/h3-10,17H,11H2,1-2H3,(H,20,22)(H,21,23). The van der Waals surface area contributed by atoms with Crippen molar-refractivity contribution >= 4 is 33.4 Å². The van der Waals surface area contributed by atoms with Gasteiger partial charge in [0.05, 0.1) is 12.5 Å². The molecule has 0 aliphatic heterocycles. The van der Waals surface area contributed by atoms with Gasteiger partial charge in [-0.1, -0.05) is 46.3 Å². The molecule has 2 amide bonds. The summed E-state index contributed by atoms with van der Waals surface area (Å²) in [7, 11) is 0. The molecule has 0 aliphatic carbocycles. The Kier molecular flexibility index (Phi) is 5.93. The number of aryl methyl sites for hydroxylation is 1. The lowest BCUT2D eigenvalue weighted by molar-refractivity contribution is -0.120. The van der Waals surface area contributed by atoms with Gasteiger partial charge in [-0.2, -0.15) is 0 Å². The zero-order valence-corrected chi connectivity index (χ0v) is 14.7. The molecule has 0 saturated heterocycles. The van der Waals surface area contributed by atoms with Crippen molar-refractivity contribution in [3.05, 3.63) is 64.1 Å². The molecule has 2 N–H and O–H groups in total. The Labute approximate surface area is 144 Å². The van der Waals surface area contributed by atoms with E-state index < -0.39 is 0 Å². The molecular weight excluding hydrogens is 356 g/mol. The van der Waals surface area contributed by atoms with Gasteiger partial charge in [-0.05, 0) is 36.2 Å². The fourth-order valence-corrected chi connectivity index (χ4v) is 2.81. The first-order chi connectivity index (χ1) is 11.0. The topological polar surface area (TPSA) is 58.2 Å². The first-order valence-electron chi connectivity index (χ1n) is 7.34. The van der Waals surface area contributed by atoms with Gasteiger partial charge in [-0.3, -0.25) is 9.59 Å². The lowest BCUT2D eigenvalue weighted by Crippen LogP contribution is -2.29. The predicted octanol–water partition coefficient (Wildman–Crippen LogP) is 3.96. The van der Waals surface area contributed by atoms with Crippen molar-refractivity contribution in [2.45, 2.75) is 26.3 Å². The van der Waals surface area contributed by atoms with Crippen LogP contribution >= 0.6 is 15.9 Å². The normalized spacial score (nSPS) is 11.6. The molecule has 0 radical (unpaired) electrons. The second kappa shape index (κ2) is 7.92. The van der Waals surface area contributed by atoms with E-state index in [9.17, 15) is 9.59 Å². The van der Waals surface area contributed by atoms with Gasteiger partial charge in [0.15, 0.2) is 0 Å². The molecule has 0 fully saturated rings. The summed E-state index contributed by atoms with van der Waals surface area (Å²) < 4.78 is 0.966. The lowest BCUT2D eigenvalue weighted by atomic mass is 10.0. The minimum absolute atomic E-state index is 0.141. The molecule has 0 heterocycles. The molecular formula is C18H19BrN2O2. The first kappa shape index (κ1) is 17.2. The van der Waals surface area contributed by atoms with E-state index in [0.717, 1.165) is 21.3 Å². The summed E-state index contributed by atoms with van der Waals surface area (Å²) in [4.78, 5) is 23.8. The van der Waals surface area contributed by atoms with Crippen LogP contribution in [0, 0.1) is 6.92 Å². The van der Waals surface area contributed by atoms with E-state index in [1.807, 2.05) is 55.5 Å². The highest BCUT2D eigenvalue weighted by molar-refractivity contribution is 9.10. The van der Waals surface area contributed by atoms with E-state index >= 15 is 0 Å². The fourth-order valence-electron chi connectivity index (χ4n) is 2.34. The maximum absolute atomic E-state index is 12.3.